The molecular formula is C56H35N3O. The van der Waals surface area contributed by atoms with Gasteiger partial charge in [0.1, 0.15) is 11.5 Å². The molecule has 280 valence electrons. The van der Waals surface area contributed by atoms with Crippen molar-refractivity contribution in [1.29, 1.82) is 0 Å². The summed E-state index contributed by atoms with van der Waals surface area (Å²) in [5.74, 6) is 3.72. The SMILES string of the molecule is c1ccc(-c2nc(-c3ccccc3)nc(-c3cccc(-c4ccc(-c5ccc6c(c5)Oc5c(ccc7ccccc57)C65c6ccccc6-c6ccccc65)cc4)c3)n2)cc1. The minimum Gasteiger partial charge on any atom is -0.456 e. The lowest BCUT2D eigenvalue weighted by molar-refractivity contribution is 0.442. The maximum absolute atomic E-state index is 7.07. The fraction of sp³-hybridized carbons (Fsp3) is 0.0179. The Morgan fingerprint density at radius 2 is 0.800 bits per heavy atom. The first-order chi connectivity index (χ1) is 29.7. The fourth-order valence-corrected chi connectivity index (χ4v) is 9.45. The molecule has 0 amide bonds. The highest BCUT2D eigenvalue weighted by Gasteiger charge is 2.51. The summed E-state index contributed by atoms with van der Waals surface area (Å²) < 4.78 is 7.07. The molecule has 0 fully saturated rings. The second kappa shape index (κ2) is 13.6. The van der Waals surface area contributed by atoms with Gasteiger partial charge < -0.3 is 4.74 Å². The molecule has 1 aliphatic heterocycles. The molecule has 1 aliphatic carbocycles. The van der Waals surface area contributed by atoms with Gasteiger partial charge in [-0.2, -0.15) is 0 Å². The molecule has 0 radical (unpaired) electrons. The van der Waals surface area contributed by atoms with Gasteiger partial charge in [-0.15, -0.1) is 0 Å². The lowest BCUT2D eigenvalue weighted by Gasteiger charge is -2.40. The Balaban J connectivity index is 0.939. The molecule has 4 nitrogen and oxygen atoms in total. The van der Waals surface area contributed by atoms with Gasteiger partial charge in [-0.05, 0) is 62.0 Å². The summed E-state index contributed by atoms with van der Waals surface area (Å²) in [6.45, 7) is 0. The zero-order valence-corrected chi connectivity index (χ0v) is 32.5. The van der Waals surface area contributed by atoms with E-state index in [1.54, 1.807) is 0 Å². The second-order valence-corrected chi connectivity index (χ2v) is 15.5. The third-order valence-corrected chi connectivity index (χ3v) is 12.2. The highest BCUT2D eigenvalue weighted by atomic mass is 16.5. The predicted molar refractivity (Wildman–Crippen MR) is 242 cm³/mol. The van der Waals surface area contributed by atoms with Crippen LogP contribution in [-0.2, 0) is 5.41 Å². The first-order valence-corrected chi connectivity index (χ1v) is 20.3. The topological polar surface area (TPSA) is 47.9 Å². The normalized spacial score (nSPS) is 12.9. The summed E-state index contributed by atoms with van der Waals surface area (Å²) >= 11 is 0. The fourth-order valence-electron chi connectivity index (χ4n) is 9.45. The first kappa shape index (κ1) is 34.1. The number of benzene rings is 9. The van der Waals surface area contributed by atoms with Gasteiger partial charge in [0.15, 0.2) is 17.5 Å². The quantitative estimate of drug-likeness (QED) is 0.175. The average Bonchev–Trinajstić information content (AvgIpc) is 3.62. The Hall–Kier alpha value is -7.95. The minimum atomic E-state index is -0.518. The van der Waals surface area contributed by atoms with Crippen molar-refractivity contribution in [1.82, 2.24) is 15.0 Å². The van der Waals surface area contributed by atoms with Crippen LogP contribution in [0.3, 0.4) is 0 Å². The number of rotatable bonds is 5. The molecule has 9 aromatic carbocycles. The van der Waals surface area contributed by atoms with E-state index in [9.17, 15) is 0 Å². The van der Waals surface area contributed by atoms with Gasteiger partial charge in [-0.25, -0.2) is 15.0 Å². The van der Waals surface area contributed by atoms with E-state index in [-0.39, 0.29) is 0 Å². The summed E-state index contributed by atoms with van der Waals surface area (Å²) in [4.78, 5) is 14.8. The maximum Gasteiger partial charge on any atom is 0.164 e. The van der Waals surface area contributed by atoms with Crippen LogP contribution in [0.25, 0.3) is 78.3 Å². The molecule has 0 unspecified atom stereocenters. The highest BCUT2D eigenvalue weighted by molar-refractivity contribution is 5.96. The van der Waals surface area contributed by atoms with Gasteiger partial charge in [0.05, 0.1) is 5.41 Å². The lowest BCUT2D eigenvalue weighted by atomic mass is 9.65. The Morgan fingerprint density at radius 3 is 1.45 bits per heavy atom. The van der Waals surface area contributed by atoms with Crippen molar-refractivity contribution in [3.63, 3.8) is 0 Å². The summed E-state index contributed by atoms with van der Waals surface area (Å²) in [6, 6.07) is 75.0. The molecule has 60 heavy (non-hydrogen) atoms. The van der Waals surface area contributed by atoms with E-state index >= 15 is 0 Å². The monoisotopic (exact) mass is 765 g/mol. The molecule has 0 N–H and O–H groups in total. The van der Waals surface area contributed by atoms with Crippen molar-refractivity contribution in [2.45, 2.75) is 5.41 Å². The van der Waals surface area contributed by atoms with Crippen LogP contribution in [0.1, 0.15) is 22.3 Å². The standard InChI is InChI=1S/C56H35N3O/c1-3-15-39(16-4-1)53-57-54(40-17-5-2-6-18-40)59-55(58-53)43-20-13-19-41(34-43)36-26-28-37(29-27-36)42-31-32-49-51(35-42)60-52-44-21-8-7-14-38(44)30-33-50(52)56(49)47-24-11-9-22-45(47)46-23-10-12-25-48(46)56/h1-35H. The summed E-state index contributed by atoms with van der Waals surface area (Å²) in [5.41, 5.74) is 14.2. The Morgan fingerprint density at radius 1 is 0.317 bits per heavy atom. The van der Waals surface area contributed by atoms with Crippen molar-refractivity contribution >= 4 is 10.8 Å². The average molecular weight is 766 g/mol. The van der Waals surface area contributed by atoms with Gasteiger partial charge in [-0.1, -0.05) is 200 Å². The molecule has 1 spiro atoms. The number of hydrogen-bond acceptors (Lipinski definition) is 4. The van der Waals surface area contributed by atoms with E-state index in [0.717, 1.165) is 66.8 Å². The number of ether oxygens (including phenoxy) is 1. The van der Waals surface area contributed by atoms with E-state index in [0.29, 0.717) is 17.5 Å². The van der Waals surface area contributed by atoms with Crippen LogP contribution in [-0.4, -0.2) is 15.0 Å². The van der Waals surface area contributed by atoms with Crippen LogP contribution in [0, 0.1) is 0 Å². The predicted octanol–water partition coefficient (Wildman–Crippen LogP) is 13.8. The van der Waals surface area contributed by atoms with E-state index in [2.05, 4.69) is 152 Å². The third-order valence-electron chi connectivity index (χ3n) is 12.2. The van der Waals surface area contributed by atoms with Crippen molar-refractivity contribution < 1.29 is 4.74 Å². The van der Waals surface area contributed by atoms with E-state index in [1.165, 1.54) is 27.8 Å². The van der Waals surface area contributed by atoms with Crippen molar-refractivity contribution in [3.05, 3.63) is 235 Å². The molecule has 2 heterocycles. The van der Waals surface area contributed by atoms with Crippen molar-refractivity contribution in [2.24, 2.45) is 0 Å². The Labute approximate surface area is 348 Å². The zero-order valence-electron chi connectivity index (χ0n) is 32.5. The van der Waals surface area contributed by atoms with Gasteiger partial charge in [0.2, 0.25) is 0 Å². The van der Waals surface area contributed by atoms with Crippen LogP contribution >= 0.6 is 0 Å². The molecule has 2 aliphatic rings. The lowest BCUT2D eigenvalue weighted by Crippen LogP contribution is -2.32. The van der Waals surface area contributed by atoms with Gasteiger partial charge in [0, 0.05) is 33.2 Å². The molecule has 0 saturated heterocycles. The molecule has 0 atom stereocenters. The van der Waals surface area contributed by atoms with Crippen molar-refractivity contribution in [3.8, 4) is 79.0 Å². The molecular weight excluding hydrogens is 731 g/mol. The maximum atomic E-state index is 7.07. The molecule has 10 aromatic rings. The largest absolute Gasteiger partial charge is 0.456 e. The molecule has 4 heteroatoms. The van der Waals surface area contributed by atoms with Crippen LogP contribution in [0.5, 0.6) is 11.5 Å². The van der Waals surface area contributed by atoms with Crippen LogP contribution in [0.4, 0.5) is 0 Å². The number of nitrogens with zero attached hydrogens (tertiary/aromatic N) is 3. The van der Waals surface area contributed by atoms with Crippen molar-refractivity contribution in [2.75, 3.05) is 0 Å². The minimum absolute atomic E-state index is 0.518. The molecule has 1 aromatic heterocycles. The van der Waals surface area contributed by atoms with Gasteiger partial charge >= 0.3 is 0 Å². The van der Waals surface area contributed by atoms with E-state index < -0.39 is 5.41 Å². The smallest absolute Gasteiger partial charge is 0.164 e. The van der Waals surface area contributed by atoms with E-state index in [1.807, 2.05) is 60.7 Å². The third kappa shape index (κ3) is 5.28. The summed E-state index contributed by atoms with van der Waals surface area (Å²) in [6.07, 6.45) is 0. The first-order valence-electron chi connectivity index (χ1n) is 20.3. The van der Waals surface area contributed by atoms with Crippen LogP contribution < -0.4 is 4.74 Å². The van der Waals surface area contributed by atoms with Gasteiger partial charge in [-0.3, -0.25) is 0 Å². The molecule has 12 rings (SSSR count). The number of fused-ring (bicyclic) bond motifs is 11. The highest BCUT2D eigenvalue weighted by Crippen LogP contribution is 2.63. The van der Waals surface area contributed by atoms with Gasteiger partial charge in [0.25, 0.3) is 0 Å². The second-order valence-electron chi connectivity index (χ2n) is 15.5. The molecule has 0 saturated carbocycles. The summed E-state index contributed by atoms with van der Waals surface area (Å²) in [7, 11) is 0. The number of aromatic nitrogens is 3. The Bertz CT molecular complexity index is 3180. The van der Waals surface area contributed by atoms with E-state index in [4.69, 9.17) is 19.7 Å². The zero-order chi connectivity index (χ0) is 39.6. The molecule has 0 bridgehead atoms. The Kier molecular flexibility index (Phi) is 7.72. The van der Waals surface area contributed by atoms with Crippen LogP contribution in [0.15, 0.2) is 212 Å². The van der Waals surface area contributed by atoms with Crippen LogP contribution in [0.2, 0.25) is 0 Å². The summed E-state index contributed by atoms with van der Waals surface area (Å²) in [5, 5.41) is 2.28. The number of hydrogen-bond donors (Lipinski definition) is 0.